The van der Waals surface area contributed by atoms with E-state index in [1.54, 1.807) is 6.07 Å². The molecule has 0 heterocycles. The molecule has 0 atom stereocenters. The summed E-state index contributed by atoms with van der Waals surface area (Å²) in [5, 5.41) is 12.8. The predicted octanol–water partition coefficient (Wildman–Crippen LogP) is 0.568. The fourth-order valence-electron chi connectivity index (χ4n) is 2.60. The SMILES string of the molecule is Cc1ccc(P(c2ccccc2)c2ccccc2)c(C(=O)O)c1.[H-].[Na+]. The summed E-state index contributed by atoms with van der Waals surface area (Å²) >= 11 is 0. The maximum absolute atomic E-state index is 11.8. The number of benzene rings is 3. The number of carboxylic acids is 1. The molecule has 3 aromatic carbocycles. The Morgan fingerprint density at radius 3 is 1.83 bits per heavy atom. The van der Waals surface area contributed by atoms with Crippen LogP contribution < -0.4 is 45.5 Å². The van der Waals surface area contributed by atoms with Crippen molar-refractivity contribution in [2.75, 3.05) is 0 Å². The molecule has 0 saturated carbocycles. The Bertz CT molecular complexity index is 786. The summed E-state index contributed by atoms with van der Waals surface area (Å²) < 4.78 is 0. The van der Waals surface area contributed by atoms with Gasteiger partial charge in [0.1, 0.15) is 0 Å². The van der Waals surface area contributed by atoms with Gasteiger partial charge in [-0.15, -0.1) is 0 Å². The Balaban J connectivity index is 0.00000156. The molecule has 0 saturated heterocycles. The Morgan fingerprint density at radius 2 is 1.38 bits per heavy atom. The number of carboxylic acid groups (broad SMARTS) is 1. The first-order valence-electron chi connectivity index (χ1n) is 7.41. The monoisotopic (exact) mass is 344 g/mol. The second-order valence-electron chi connectivity index (χ2n) is 5.33. The van der Waals surface area contributed by atoms with Crippen LogP contribution in [0.25, 0.3) is 0 Å². The van der Waals surface area contributed by atoms with E-state index in [-0.39, 0.29) is 31.0 Å². The third-order valence-electron chi connectivity index (χ3n) is 3.65. The number of hydrogen-bond acceptors (Lipinski definition) is 1. The van der Waals surface area contributed by atoms with Crippen LogP contribution in [0.1, 0.15) is 17.3 Å². The average Bonchev–Trinajstić information content (AvgIpc) is 2.58. The van der Waals surface area contributed by atoms with Crippen LogP contribution in [-0.4, -0.2) is 11.1 Å². The summed E-state index contributed by atoms with van der Waals surface area (Å²) in [6.45, 7) is 1.92. The number of aryl methyl sites for hydroxylation is 1. The van der Waals surface area contributed by atoms with E-state index in [0.29, 0.717) is 5.56 Å². The van der Waals surface area contributed by atoms with E-state index in [9.17, 15) is 9.90 Å². The van der Waals surface area contributed by atoms with Crippen molar-refractivity contribution in [1.29, 1.82) is 0 Å². The minimum atomic E-state index is -0.892. The first-order valence-corrected chi connectivity index (χ1v) is 8.75. The third kappa shape index (κ3) is 4.15. The van der Waals surface area contributed by atoms with Crippen LogP contribution in [0, 0.1) is 6.92 Å². The van der Waals surface area contributed by atoms with E-state index < -0.39 is 13.9 Å². The smallest absolute Gasteiger partial charge is 1.00 e. The third-order valence-corrected chi connectivity index (χ3v) is 6.15. The summed E-state index contributed by atoms with van der Waals surface area (Å²) in [7, 11) is -0.892. The Labute approximate surface area is 167 Å². The van der Waals surface area contributed by atoms with Crippen LogP contribution in [0.4, 0.5) is 0 Å². The van der Waals surface area contributed by atoms with Gasteiger partial charge < -0.3 is 6.53 Å². The molecule has 0 bridgehead atoms. The van der Waals surface area contributed by atoms with Crippen molar-refractivity contribution in [3.63, 3.8) is 0 Å². The molecule has 3 rings (SSSR count). The summed E-state index contributed by atoms with van der Waals surface area (Å²) in [6, 6.07) is 26.0. The van der Waals surface area contributed by atoms with Gasteiger partial charge in [0.05, 0.1) is 5.56 Å². The van der Waals surface area contributed by atoms with Crippen LogP contribution >= 0.6 is 7.92 Å². The maximum Gasteiger partial charge on any atom is 1.00 e. The fraction of sp³-hybridized carbons (Fsp3) is 0.0500. The molecule has 0 spiro atoms. The second kappa shape index (κ2) is 8.60. The number of hydrogen-bond donors (Lipinski definition) is 1. The first-order chi connectivity index (χ1) is 11.2. The largest absolute Gasteiger partial charge is 1.00 e. The molecular weight excluding hydrogens is 326 g/mol. The molecule has 116 valence electrons. The molecule has 0 aliphatic heterocycles. The van der Waals surface area contributed by atoms with Crippen LogP contribution in [0.3, 0.4) is 0 Å². The molecule has 0 unspecified atom stereocenters. The number of rotatable bonds is 4. The van der Waals surface area contributed by atoms with E-state index in [4.69, 9.17) is 0 Å². The first kappa shape index (κ1) is 18.9. The van der Waals surface area contributed by atoms with Crippen LogP contribution in [0.5, 0.6) is 0 Å². The number of carbonyl (C=O) groups is 1. The van der Waals surface area contributed by atoms with Gasteiger partial charge in [0.25, 0.3) is 0 Å². The zero-order valence-corrected chi connectivity index (χ0v) is 16.7. The van der Waals surface area contributed by atoms with Gasteiger partial charge in [-0.1, -0.05) is 78.4 Å². The van der Waals surface area contributed by atoms with Gasteiger partial charge in [-0.25, -0.2) is 4.79 Å². The molecule has 2 nitrogen and oxygen atoms in total. The summed E-state index contributed by atoms with van der Waals surface area (Å²) in [4.78, 5) is 11.8. The Hall–Kier alpha value is -1.44. The van der Waals surface area contributed by atoms with Gasteiger partial charge in [-0.05, 0) is 36.8 Å². The van der Waals surface area contributed by atoms with Gasteiger partial charge in [-0.2, -0.15) is 0 Å². The molecule has 3 aromatic rings. The van der Waals surface area contributed by atoms with Gasteiger partial charge in [0.15, 0.2) is 0 Å². The van der Waals surface area contributed by atoms with Crippen LogP contribution in [0.15, 0.2) is 78.9 Å². The second-order valence-corrected chi connectivity index (χ2v) is 7.52. The Kier molecular flexibility index (Phi) is 6.77. The van der Waals surface area contributed by atoms with Gasteiger partial charge in [0.2, 0.25) is 0 Å². The molecule has 0 radical (unpaired) electrons. The molecule has 0 aliphatic rings. The molecule has 0 aliphatic carbocycles. The predicted molar refractivity (Wildman–Crippen MR) is 98.0 cm³/mol. The Morgan fingerprint density at radius 1 is 0.875 bits per heavy atom. The average molecular weight is 344 g/mol. The normalized spacial score (nSPS) is 10.2. The minimum Gasteiger partial charge on any atom is -1.00 e. The van der Waals surface area contributed by atoms with Crippen LogP contribution in [-0.2, 0) is 0 Å². The zero-order valence-electron chi connectivity index (χ0n) is 14.8. The van der Waals surface area contributed by atoms with Crippen molar-refractivity contribution in [3.05, 3.63) is 90.0 Å². The van der Waals surface area contributed by atoms with E-state index in [2.05, 4.69) is 24.3 Å². The molecule has 4 heteroatoms. The molecule has 0 fully saturated rings. The zero-order chi connectivity index (χ0) is 16.2. The van der Waals surface area contributed by atoms with Crippen molar-refractivity contribution in [1.82, 2.24) is 0 Å². The molecular formula is C20H18NaO2P. The molecule has 24 heavy (non-hydrogen) atoms. The van der Waals surface area contributed by atoms with Crippen molar-refractivity contribution < 1.29 is 40.9 Å². The van der Waals surface area contributed by atoms with E-state index in [1.807, 2.05) is 55.5 Å². The van der Waals surface area contributed by atoms with Crippen molar-refractivity contribution in [2.24, 2.45) is 0 Å². The van der Waals surface area contributed by atoms with Gasteiger partial charge in [-0.3, -0.25) is 0 Å². The fourth-order valence-corrected chi connectivity index (χ4v) is 5.02. The summed E-state index contributed by atoms with van der Waals surface area (Å²) in [5.74, 6) is -0.872. The van der Waals surface area contributed by atoms with Crippen molar-refractivity contribution in [2.45, 2.75) is 6.92 Å². The standard InChI is InChI=1S/C20H17O2P.Na.H/c1-15-12-13-19(18(14-15)20(21)22)23(16-8-4-2-5-9-16)17-10-6-3-7-11-17;;/h2-14H,1H3,(H,21,22);;/q;+1;-1. The number of aromatic carboxylic acids is 1. The molecule has 0 aromatic heterocycles. The summed E-state index contributed by atoms with van der Waals surface area (Å²) in [6.07, 6.45) is 0. The van der Waals surface area contributed by atoms with Gasteiger partial charge >= 0.3 is 35.5 Å². The van der Waals surface area contributed by atoms with E-state index >= 15 is 0 Å². The molecule has 1 N–H and O–H groups in total. The van der Waals surface area contributed by atoms with E-state index in [0.717, 1.165) is 21.5 Å². The van der Waals surface area contributed by atoms with Gasteiger partial charge in [0, 0.05) is 0 Å². The van der Waals surface area contributed by atoms with Crippen LogP contribution in [0.2, 0.25) is 0 Å². The van der Waals surface area contributed by atoms with Crippen molar-refractivity contribution >= 4 is 29.8 Å². The summed E-state index contributed by atoms with van der Waals surface area (Å²) in [5.41, 5.74) is 1.35. The van der Waals surface area contributed by atoms with Crippen molar-refractivity contribution in [3.8, 4) is 0 Å². The minimum absolute atomic E-state index is 0. The van der Waals surface area contributed by atoms with E-state index in [1.165, 1.54) is 0 Å². The quantitative estimate of drug-likeness (QED) is 0.555. The topological polar surface area (TPSA) is 37.3 Å². The molecule has 0 amide bonds. The maximum atomic E-state index is 11.8.